The molecule has 0 saturated carbocycles. The summed E-state index contributed by atoms with van der Waals surface area (Å²) in [5.41, 5.74) is 3.36. The Hall–Kier alpha value is -1.55. The van der Waals surface area contributed by atoms with E-state index in [2.05, 4.69) is 22.3 Å². The fourth-order valence-corrected chi connectivity index (χ4v) is 2.94. The lowest BCUT2D eigenvalue weighted by Crippen LogP contribution is -2.35. The normalized spacial score (nSPS) is 22.9. The molecule has 0 spiro atoms. The molecule has 1 atom stereocenters. The Morgan fingerprint density at radius 3 is 2.83 bits per heavy atom. The van der Waals surface area contributed by atoms with Gasteiger partial charge in [-0.2, -0.15) is 0 Å². The maximum atomic E-state index is 11.2. The number of fused-ring (bicyclic) bond motifs is 1. The molecule has 96 valence electrons. The van der Waals surface area contributed by atoms with E-state index in [0.717, 1.165) is 31.6 Å². The van der Waals surface area contributed by atoms with Crippen molar-refractivity contribution in [1.29, 1.82) is 0 Å². The van der Waals surface area contributed by atoms with Gasteiger partial charge in [0.25, 0.3) is 0 Å². The average molecular weight is 246 g/mol. The van der Waals surface area contributed by atoms with Crippen molar-refractivity contribution in [3.05, 3.63) is 29.3 Å². The van der Waals surface area contributed by atoms with Crippen LogP contribution in [0.25, 0.3) is 0 Å². The molecule has 1 unspecified atom stereocenters. The van der Waals surface area contributed by atoms with Gasteiger partial charge in [-0.1, -0.05) is 6.07 Å². The molecule has 1 fully saturated rings. The molecule has 2 heterocycles. The first-order valence-electron chi connectivity index (χ1n) is 6.59. The van der Waals surface area contributed by atoms with E-state index in [9.17, 15) is 9.90 Å². The molecule has 2 N–H and O–H groups in total. The van der Waals surface area contributed by atoms with Crippen LogP contribution in [0.4, 0.5) is 5.69 Å². The number of anilines is 1. The van der Waals surface area contributed by atoms with Gasteiger partial charge in [-0.15, -0.1) is 0 Å². The van der Waals surface area contributed by atoms with Crippen molar-refractivity contribution in [3.8, 4) is 0 Å². The second kappa shape index (κ2) is 4.61. The summed E-state index contributed by atoms with van der Waals surface area (Å²) in [7, 11) is 0. The van der Waals surface area contributed by atoms with Crippen LogP contribution >= 0.6 is 0 Å². The molecule has 4 nitrogen and oxygen atoms in total. The Balaban J connectivity index is 1.92. The van der Waals surface area contributed by atoms with Gasteiger partial charge in [-0.05, 0) is 42.5 Å². The smallest absolute Gasteiger partial charge is 0.325 e. The number of hydrogen-bond donors (Lipinski definition) is 2. The largest absolute Gasteiger partial charge is 0.480 e. The van der Waals surface area contributed by atoms with E-state index in [1.165, 1.54) is 24.1 Å². The van der Waals surface area contributed by atoms with Crippen molar-refractivity contribution in [2.24, 2.45) is 0 Å². The van der Waals surface area contributed by atoms with E-state index in [4.69, 9.17) is 0 Å². The van der Waals surface area contributed by atoms with Crippen molar-refractivity contribution in [3.63, 3.8) is 0 Å². The van der Waals surface area contributed by atoms with Crippen molar-refractivity contribution in [2.45, 2.75) is 25.3 Å². The van der Waals surface area contributed by atoms with Crippen LogP contribution in [0.1, 0.15) is 30.0 Å². The molecule has 2 aliphatic heterocycles. The van der Waals surface area contributed by atoms with E-state index < -0.39 is 12.0 Å². The molecule has 1 saturated heterocycles. The fourth-order valence-electron chi connectivity index (χ4n) is 2.94. The molecule has 1 aromatic carbocycles. The topological polar surface area (TPSA) is 52.6 Å². The van der Waals surface area contributed by atoms with Gasteiger partial charge in [-0.25, -0.2) is 0 Å². The number of carbonyl (C=O) groups is 1. The molecule has 2 aliphatic rings. The number of nitrogens with zero attached hydrogens (tertiary/aromatic N) is 1. The lowest BCUT2D eigenvalue weighted by atomic mass is 9.93. The van der Waals surface area contributed by atoms with Gasteiger partial charge in [0.2, 0.25) is 0 Å². The molecule has 0 bridgehead atoms. The van der Waals surface area contributed by atoms with Crippen molar-refractivity contribution >= 4 is 11.7 Å². The number of hydrogen-bond acceptors (Lipinski definition) is 3. The van der Waals surface area contributed by atoms with E-state index in [0.29, 0.717) is 0 Å². The van der Waals surface area contributed by atoms with Crippen LogP contribution in [-0.2, 0) is 11.2 Å². The second-order valence-corrected chi connectivity index (χ2v) is 5.05. The average Bonchev–Trinajstić information content (AvgIpc) is 2.91. The molecule has 0 aliphatic carbocycles. The van der Waals surface area contributed by atoms with Gasteiger partial charge in [-0.3, -0.25) is 4.79 Å². The highest BCUT2D eigenvalue weighted by Gasteiger charge is 2.26. The van der Waals surface area contributed by atoms with Crippen LogP contribution in [0.2, 0.25) is 0 Å². The highest BCUT2D eigenvalue weighted by Crippen LogP contribution is 2.29. The van der Waals surface area contributed by atoms with E-state index in [-0.39, 0.29) is 0 Å². The second-order valence-electron chi connectivity index (χ2n) is 5.05. The first-order chi connectivity index (χ1) is 8.75. The molecule has 3 rings (SSSR count). The summed E-state index contributed by atoms with van der Waals surface area (Å²) in [5.74, 6) is -0.787. The van der Waals surface area contributed by atoms with Crippen LogP contribution in [0.3, 0.4) is 0 Å². The van der Waals surface area contributed by atoms with E-state index >= 15 is 0 Å². The Morgan fingerprint density at radius 1 is 1.33 bits per heavy atom. The predicted octanol–water partition coefficient (Wildman–Crippen LogP) is 1.56. The number of carboxylic acids is 1. The molecule has 4 heteroatoms. The molecule has 0 radical (unpaired) electrons. The summed E-state index contributed by atoms with van der Waals surface area (Å²) in [4.78, 5) is 13.6. The predicted molar refractivity (Wildman–Crippen MR) is 70.0 cm³/mol. The lowest BCUT2D eigenvalue weighted by molar-refractivity contribution is -0.139. The fraction of sp³-hybridized carbons (Fsp3) is 0.500. The van der Waals surface area contributed by atoms with Crippen molar-refractivity contribution in [1.82, 2.24) is 5.32 Å². The highest BCUT2D eigenvalue weighted by molar-refractivity contribution is 5.77. The number of rotatable bonds is 2. The molecular formula is C14H18N2O2. The Morgan fingerprint density at radius 2 is 2.11 bits per heavy atom. The van der Waals surface area contributed by atoms with Gasteiger partial charge in [0.05, 0.1) is 0 Å². The first-order valence-corrected chi connectivity index (χ1v) is 6.59. The van der Waals surface area contributed by atoms with Crippen LogP contribution in [0, 0.1) is 0 Å². The van der Waals surface area contributed by atoms with Gasteiger partial charge in [0.15, 0.2) is 0 Å². The number of nitrogens with one attached hydrogen (secondary N) is 1. The minimum atomic E-state index is -0.787. The van der Waals surface area contributed by atoms with Crippen molar-refractivity contribution in [2.75, 3.05) is 24.5 Å². The minimum absolute atomic E-state index is 0.540. The van der Waals surface area contributed by atoms with Gasteiger partial charge < -0.3 is 15.3 Å². The first kappa shape index (κ1) is 11.5. The van der Waals surface area contributed by atoms with Gasteiger partial charge in [0.1, 0.15) is 6.04 Å². The molecule has 0 aromatic heterocycles. The summed E-state index contributed by atoms with van der Waals surface area (Å²) < 4.78 is 0. The third-order valence-electron chi connectivity index (χ3n) is 3.90. The maximum Gasteiger partial charge on any atom is 0.325 e. The Labute approximate surface area is 107 Å². The Bertz CT molecular complexity index is 467. The molecular weight excluding hydrogens is 228 g/mol. The lowest BCUT2D eigenvalue weighted by Gasteiger charge is -2.26. The molecule has 0 amide bonds. The summed E-state index contributed by atoms with van der Waals surface area (Å²) in [6.45, 7) is 2.99. The quantitative estimate of drug-likeness (QED) is 0.831. The summed E-state index contributed by atoms with van der Waals surface area (Å²) in [5, 5.41) is 12.2. The standard InChI is InChI=1S/C14H18N2O2/c17-14(18)13-12-4-3-11(16-7-1-2-8-16)9-10(12)5-6-15-13/h3-4,9,13,15H,1-2,5-8H2,(H,17,18). The zero-order valence-corrected chi connectivity index (χ0v) is 10.4. The van der Waals surface area contributed by atoms with Gasteiger partial charge in [0, 0.05) is 25.3 Å². The van der Waals surface area contributed by atoms with Crippen LogP contribution < -0.4 is 10.2 Å². The Kier molecular flexibility index (Phi) is 2.96. The molecule has 1 aromatic rings. The van der Waals surface area contributed by atoms with Crippen LogP contribution in [-0.4, -0.2) is 30.7 Å². The summed E-state index contributed by atoms with van der Waals surface area (Å²) in [6, 6.07) is 5.68. The summed E-state index contributed by atoms with van der Waals surface area (Å²) >= 11 is 0. The number of carboxylic acid groups (broad SMARTS) is 1. The van der Waals surface area contributed by atoms with E-state index in [1.54, 1.807) is 0 Å². The SMILES string of the molecule is O=C(O)C1NCCc2cc(N3CCCC3)ccc21. The molecule has 18 heavy (non-hydrogen) atoms. The monoisotopic (exact) mass is 246 g/mol. The number of benzene rings is 1. The maximum absolute atomic E-state index is 11.2. The minimum Gasteiger partial charge on any atom is -0.480 e. The van der Waals surface area contributed by atoms with Crippen LogP contribution in [0.5, 0.6) is 0 Å². The summed E-state index contributed by atoms with van der Waals surface area (Å²) in [6.07, 6.45) is 3.44. The zero-order valence-electron chi connectivity index (χ0n) is 10.4. The van der Waals surface area contributed by atoms with Crippen LogP contribution in [0.15, 0.2) is 18.2 Å². The number of aliphatic carboxylic acids is 1. The van der Waals surface area contributed by atoms with Gasteiger partial charge >= 0.3 is 5.97 Å². The third kappa shape index (κ3) is 1.97. The third-order valence-corrected chi connectivity index (χ3v) is 3.90. The zero-order chi connectivity index (χ0) is 12.5. The highest BCUT2D eigenvalue weighted by atomic mass is 16.4. The van der Waals surface area contributed by atoms with E-state index in [1.807, 2.05) is 6.07 Å². The van der Waals surface area contributed by atoms with Crippen molar-refractivity contribution < 1.29 is 9.90 Å².